The van der Waals surface area contributed by atoms with E-state index in [1.165, 1.54) is 6.20 Å². The van der Waals surface area contributed by atoms with Gasteiger partial charge in [0.15, 0.2) is 11.9 Å². The van der Waals surface area contributed by atoms with E-state index in [4.69, 9.17) is 9.63 Å². The zero-order valence-electron chi connectivity index (χ0n) is 14.4. The molecule has 1 rings (SSSR count). The van der Waals surface area contributed by atoms with Crippen molar-refractivity contribution in [3.8, 4) is 0 Å². The molecule has 1 unspecified atom stereocenters. The third-order valence-corrected chi connectivity index (χ3v) is 3.58. The van der Waals surface area contributed by atoms with Gasteiger partial charge in [0.25, 0.3) is 5.91 Å². The molecule has 8 nitrogen and oxygen atoms in total. The van der Waals surface area contributed by atoms with Gasteiger partial charge in [-0.05, 0) is 18.3 Å². The van der Waals surface area contributed by atoms with Crippen LogP contribution in [-0.2, 0) is 11.3 Å². The van der Waals surface area contributed by atoms with Gasteiger partial charge >= 0.3 is 6.09 Å². The van der Waals surface area contributed by atoms with Gasteiger partial charge in [-0.1, -0.05) is 38.8 Å². The number of unbranched alkanes of at least 4 members (excludes halogenated alkanes) is 1. The van der Waals surface area contributed by atoms with E-state index in [0.717, 1.165) is 12.8 Å². The Morgan fingerprint density at radius 1 is 1.33 bits per heavy atom. The van der Waals surface area contributed by atoms with Crippen LogP contribution in [0.15, 0.2) is 16.8 Å². The fourth-order valence-corrected chi connectivity index (χ4v) is 2.28. The topological polar surface area (TPSA) is 125 Å². The summed E-state index contributed by atoms with van der Waals surface area (Å²) in [6.45, 7) is 6.48. The molecular formula is C16H27N3O5. The lowest BCUT2D eigenvalue weighted by Crippen LogP contribution is -2.50. The fourth-order valence-electron chi connectivity index (χ4n) is 2.28. The van der Waals surface area contributed by atoms with Crippen LogP contribution in [0, 0.1) is 5.41 Å². The summed E-state index contributed by atoms with van der Waals surface area (Å²) in [4.78, 5) is 22.9. The molecule has 1 aromatic rings. The van der Waals surface area contributed by atoms with Crippen molar-refractivity contribution in [2.24, 2.45) is 5.41 Å². The lowest BCUT2D eigenvalue weighted by molar-refractivity contribution is -0.131. The van der Waals surface area contributed by atoms with E-state index in [1.807, 2.05) is 0 Å². The monoisotopic (exact) mass is 341 g/mol. The van der Waals surface area contributed by atoms with Gasteiger partial charge < -0.3 is 25.4 Å². The van der Waals surface area contributed by atoms with E-state index in [9.17, 15) is 14.7 Å². The first-order chi connectivity index (χ1) is 11.2. The number of nitrogens with zero attached hydrogens (tertiary/aromatic N) is 1. The molecule has 0 fully saturated rings. The highest BCUT2D eigenvalue weighted by molar-refractivity contribution is 5.82. The first-order valence-electron chi connectivity index (χ1n) is 8.04. The molecule has 1 aromatic heterocycles. The Morgan fingerprint density at radius 2 is 2.04 bits per heavy atom. The Bertz CT molecular complexity index is 510. The number of carboxylic acid groups (broad SMARTS) is 1. The maximum atomic E-state index is 12.0. The second-order valence-electron chi connectivity index (χ2n) is 7.00. The fraction of sp³-hybridized carbons (Fsp3) is 0.688. The second-order valence-corrected chi connectivity index (χ2v) is 7.00. The maximum Gasteiger partial charge on any atom is 0.404 e. The SMILES string of the molecule is CC(C)(C)CCCC[C@H](NC(=O)O)C(O)C(=O)NCc1ccno1. The molecule has 0 aliphatic rings. The molecule has 8 heteroatoms. The molecule has 0 aromatic carbocycles. The average Bonchev–Trinajstić information content (AvgIpc) is 2.99. The minimum absolute atomic E-state index is 0.0830. The number of hydrogen-bond acceptors (Lipinski definition) is 5. The Balaban J connectivity index is 2.48. The van der Waals surface area contributed by atoms with E-state index in [0.29, 0.717) is 18.6 Å². The Morgan fingerprint density at radius 3 is 2.58 bits per heavy atom. The summed E-state index contributed by atoms with van der Waals surface area (Å²) in [5, 5.41) is 27.3. The van der Waals surface area contributed by atoms with Crippen molar-refractivity contribution in [1.82, 2.24) is 15.8 Å². The predicted molar refractivity (Wildman–Crippen MR) is 87.2 cm³/mol. The summed E-state index contributed by atoms with van der Waals surface area (Å²) in [5.41, 5.74) is 0.197. The molecule has 0 radical (unpaired) electrons. The van der Waals surface area contributed by atoms with Gasteiger partial charge in [0.05, 0.1) is 18.8 Å². The smallest absolute Gasteiger partial charge is 0.404 e. The normalized spacial score (nSPS) is 14.0. The summed E-state index contributed by atoms with van der Waals surface area (Å²) < 4.78 is 4.84. The molecule has 0 spiro atoms. The summed E-state index contributed by atoms with van der Waals surface area (Å²) in [6.07, 6.45) is 1.71. The van der Waals surface area contributed by atoms with Crippen molar-refractivity contribution in [3.63, 3.8) is 0 Å². The van der Waals surface area contributed by atoms with Crippen LogP contribution in [0.1, 0.15) is 52.2 Å². The molecule has 0 aliphatic heterocycles. The molecule has 0 saturated carbocycles. The molecule has 2 amide bonds. The van der Waals surface area contributed by atoms with Crippen LogP contribution in [0.5, 0.6) is 0 Å². The van der Waals surface area contributed by atoms with Gasteiger partial charge in [-0.2, -0.15) is 0 Å². The van der Waals surface area contributed by atoms with Crippen LogP contribution in [0.25, 0.3) is 0 Å². The van der Waals surface area contributed by atoms with E-state index in [2.05, 4.69) is 36.6 Å². The van der Waals surface area contributed by atoms with Crippen LogP contribution < -0.4 is 10.6 Å². The standard InChI is InChI=1S/C16H27N3O5/c1-16(2,3)8-5-4-6-12(19-15(22)23)13(20)14(21)17-10-11-7-9-18-24-11/h7,9,12-13,19-20H,4-6,8,10H2,1-3H3,(H,17,21)(H,22,23)/t12-,13?/m0/s1. The first kappa shape index (κ1) is 20.0. The number of aliphatic hydroxyl groups excluding tert-OH is 1. The summed E-state index contributed by atoms with van der Waals surface area (Å²) in [6, 6.07) is 0.740. The first-order valence-corrected chi connectivity index (χ1v) is 8.04. The number of amides is 2. The molecule has 1 heterocycles. The van der Waals surface area contributed by atoms with Gasteiger partial charge in [-0.3, -0.25) is 4.79 Å². The molecule has 2 atom stereocenters. The number of hydrogen-bond donors (Lipinski definition) is 4. The van der Waals surface area contributed by atoms with Gasteiger partial charge in [-0.15, -0.1) is 0 Å². The molecule has 0 bridgehead atoms. The zero-order valence-corrected chi connectivity index (χ0v) is 14.4. The Kier molecular flexibility index (Phi) is 7.70. The summed E-state index contributed by atoms with van der Waals surface area (Å²) in [5.74, 6) is -0.204. The summed E-state index contributed by atoms with van der Waals surface area (Å²) in [7, 11) is 0. The molecule has 0 aliphatic carbocycles. The minimum atomic E-state index is -1.46. The summed E-state index contributed by atoms with van der Waals surface area (Å²) >= 11 is 0. The minimum Gasteiger partial charge on any atom is -0.465 e. The van der Waals surface area contributed by atoms with E-state index in [1.54, 1.807) is 6.07 Å². The molecule has 0 saturated heterocycles. The lowest BCUT2D eigenvalue weighted by atomic mass is 9.89. The second kappa shape index (κ2) is 9.27. The van der Waals surface area contributed by atoms with Gasteiger partial charge in [0.2, 0.25) is 0 Å². The van der Waals surface area contributed by atoms with Gasteiger partial charge in [0.1, 0.15) is 0 Å². The number of nitrogens with one attached hydrogen (secondary N) is 2. The number of carbonyl (C=O) groups excluding carboxylic acids is 1. The van der Waals surface area contributed by atoms with Crippen molar-refractivity contribution < 1.29 is 24.3 Å². The van der Waals surface area contributed by atoms with Crippen molar-refractivity contribution in [3.05, 3.63) is 18.0 Å². The van der Waals surface area contributed by atoms with Crippen molar-refractivity contribution in [2.75, 3.05) is 0 Å². The molecular weight excluding hydrogens is 314 g/mol. The molecule has 24 heavy (non-hydrogen) atoms. The number of aliphatic hydroxyl groups is 1. The zero-order chi connectivity index (χ0) is 18.2. The van der Waals surface area contributed by atoms with E-state index >= 15 is 0 Å². The predicted octanol–water partition coefficient (Wildman–Crippen LogP) is 1.89. The number of aromatic nitrogens is 1. The van der Waals surface area contributed by atoms with Crippen molar-refractivity contribution in [2.45, 2.75) is 65.1 Å². The maximum absolute atomic E-state index is 12.0. The van der Waals surface area contributed by atoms with Crippen LogP contribution in [0.3, 0.4) is 0 Å². The van der Waals surface area contributed by atoms with Gasteiger partial charge in [0, 0.05) is 6.07 Å². The Labute approximate surface area is 141 Å². The highest BCUT2D eigenvalue weighted by Crippen LogP contribution is 2.22. The Hall–Kier alpha value is -2.09. The highest BCUT2D eigenvalue weighted by Gasteiger charge is 2.27. The third-order valence-electron chi connectivity index (χ3n) is 3.58. The quantitative estimate of drug-likeness (QED) is 0.508. The largest absolute Gasteiger partial charge is 0.465 e. The van der Waals surface area contributed by atoms with Gasteiger partial charge in [-0.25, -0.2) is 4.79 Å². The van der Waals surface area contributed by atoms with Crippen molar-refractivity contribution >= 4 is 12.0 Å². The number of carbonyl (C=O) groups is 2. The average molecular weight is 341 g/mol. The van der Waals surface area contributed by atoms with E-state index in [-0.39, 0.29) is 12.0 Å². The van der Waals surface area contributed by atoms with E-state index < -0.39 is 24.1 Å². The van der Waals surface area contributed by atoms with Crippen molar-refractivity contribution in [1.29, 1.82) is 0 Å². The van der Waals surface area contributed by atoms with Crippen LogP contribution in [0.4, 0.5) is 4.79 Å². The van der Waals surface area contributed by atoms with Crippen LogP contribution in [0.2, 0.25) is 0 Å². The number of rotatable bonds is 9. The molecule has 136 valence electrons. The highest BCUT2D eigenvalue weighted by atomic mass is 16.5. The van der Waals surface area contributed by atoms with Crippen LogP contribution in [-0.4, -0.2) is 39.5 Å². The van der Waals surface area contributed by atoms with Crippen LogP contribution >= 0.6 is 0 Å². The molecule has 4 N–H and O–H groups in total. The third kappa shape index (κ3) is 7.96. The lowest BCUT2D eigenvalue weighted by Gasteiger charge is -2.23.